The fraction of sp³-hybridized carbons (Fsp3) is 0.667. The Kier molecular flexibility index (Phi) is 17.9. The molecular formula is C33H51N5O11P+. The lowest BCUT2D eigenvalue weighted by Gasteiger charge is -2.29. The van der Waals surface area contributed by atoms with Crippen molar-refractivity contribution in [2.24, 2.45) is 0 Å². The fourth-order valence-electron chi connectivity index (χ4n) is 5.54. The van der Waals surface area contributed by atoms with Crippen molar-refractivity contribution >= 4 is 38.2 Å². The van der Waals surface area contributed by atoms with Gasteiger partial charge < -0.3 is 40.3 Å². The molecule has 5 amide bonds. The first-order valence-electron chi connectivity index (χ1n) is 17.3. The molecule has 16 nitrogen and oxygen atoms in total. The summed E-state index contributed by atoms with van der Waals surface area (Å²) in [6.07, 6.45) is 2.49. The average molecular weight is 725 g/mol. The molecule has 2 unspecified atom stereocenters. The van der Waals surface area contributed by atoms with Crippen LogP contribution in [0, 0.1) is 0 Å². The lowest BCUT2D eigenvalue weighted by molar-refractivity contribution is -0.151. The normalized spacial score (nSPS) is 18.0. The van der Waals surface area contributed by atoms with Crippen LogP contribution in [0.2, 0.25) is 0 Å². The Bertz CT molecular complexity index is 1270. The van der Waals surface area contributed by atoms with E-state index in [0.29, 0.717) is 65.0 Å². The minimum Gasteiger partial charge on any atom is -0.480 e. The Morgan fingerprint density at radius 3 is 2.46 bits per heavy atom. The number of alkyl carbamates (subject to hydrolysis) is 1. The highest BCUT2D eigenvalue weighted by Gasteiger charge is 2.40. The van der Waals surface area contributed by atoms with Crippen molar-refractivity contribution in [2.45, 2.75) is 96.1 Å². The number of carbonyl (C=O) groups excluding carboxylic acids is 4. The van der Waals surface area contributed by atoms with Crippen molar-refractivity contribution in [2.75, 3.05) is 46.0 Å². The van der Waals surface area contributed by atoms with E-state index in [9.17, 15) is 33.6 Å². The number of carboxylic acids is 1. The van der Waals surface area contributed by atoms with Gasteiger partial charge in [-0.3, -0.25) is 9.59 Å². The van der Waals surface area contributed by atoms with Crippen LogP contribution in [-0.2, 0) is 44.1 Å². The summed E-state index contributed by atoms with van der Waals surface area (Å²) < 4.78 is 33.9. The molecule has 0 bridgehead atoms. The number of morpholine rings is 1. The van der Waals surface area contributed by atoms with Gasteiger partial charge in [0.1, 0.15) is 25.3 Å². The van der Waals surface area contributed by atoms with E-state index in [-0.39, 0.29) is 26.2 Å². The predicted molar refractivity (Wildman–Crippen MR) is 181 cm³/mol. The Hall–Kier alpha value is -3.85. The van der Waals surface area contributed by atoms with Gasteiger partial charge in [-0.2, -0.15) is 0 Å². The number of benzene rings is 1. The molecule has 0 saturated carbocycles. The molecule has 4 N–H and O–H groups in total. The van der Waals surface area contributed by atoms with Crippen LogP contribution in [0.1, 0.15) is 70.8 Å². The molecule has 17 heteroatoms. The van der Waals surface area contributed by atoms with Gasteiger partial charge in [0, 0.05) is 30.7 Å². The highest BCUT2D eigenvalue weighted by atomic mass is 31.1. The number of aliphatic carboxylic acids is 1. The number of nitrogens with zero attached hydrogens (tertiary/aromatic N) is 2. The zero-order valence-corrected chi connectivity index (χ0v) is 29.8. The molecule has 50 heavy (non-hydrogen) atoms. The van der Waals surface area contributed by atoms with Gasteiger partial charge in [-0.1, -0.05) is 50.1 Å². The number of rotatable bonds is 20. The monoisotopic (exact) mass is 724 g/mol. The maximum absolute atomic E-state index is 13.6. The Morgan fingerprint density at radius 2 is 1.76 bits per heavy atom. The Balaban J connectivity index is 1.51. The molecule has 2 saturated heterocycles. The minimum absolute atomic E-state index is 0.148. The zero-order chi connectivity index (χ0) is 36.3. The van der Waals surface area contributed by atoms with E-state index in [1.807, 2.05) is 37.3 Å². The van der Waals surface area contributed by atoms with Crippen LogP contribution in [0.25, 0.3) is 0 Å². The highest BCUT2D eigenvalue weighted by molar-refractivity contribution is 7.33. The smallest absolute Gasteiger partial charge is 0.480 e. The number of urea groups is 1. The summed E-state index contributed by atoms with van der Waals surface area (Å²) in [4.78, 5) is 65.7. The summed E-state index contributed by atoms with van der Waals surface area (Å²) in [5, 5.41) is 17.8. The SMILES string of the molecule is CCCCC(CO[P+](=O)O[C@@H](C)C(=O)N1CCC[C@H]1C(=O)O)NC(=O)[C@H](CCCCNC(=O)OCc1ccccc1)NC(=O)N1CCOCC1. The van der Waals surface area contributed by atoms with Gasteiger partial charge in [-0.15, -0.1) is 9.05 Å². The van der Waals surface area contributed by atoms with Crippen LogP contribution in [0.4, 0.5) is 9.59 Å². The van der Waals surface area contributed by atoms with Crippen LogP contribution in [-0.4, -0.2) is 115 Å². The third kappa shape index (κ3) is 14.2. The van der Waals surface area contributed by atoms with E-state index in [0.717, 1.165) is 18.4 Å². The number of carbonyl (C=O) groups is 5. The second-order valence-electron chi connectivity index (χ2n) is 12.2. The maximum atomic E-state index is 13.6. The molecule has 0 aliphatic carbocycles. The van der Waals surface area contributed by atoms with Crippen LogP contribution >= 0.6 is 8.25 Å². The Labute approximate surface area is 293 Å². The molecule has 5 atom stereocenters. The van der Waals surface area contributed by atoms with Crippen LogP contribution < -0.4 is 16.0 Å². The summed E-state index contributed by atoms with van der Waals surface area (Å²) in [6.45, 7) is 5.51. The number of hydrogen-bond donors (Lipinski definition) is 4. The summed E-state index contributed by atoms with van der Waals surface area (Å²) in [7, 11) is -2.77. The number of likely N-dealkylation sites (tertiary alicyclic amines) is 1. The minimum atomic E-state index is -2.77. The molecule has 2 aliphatic rings. The molecule has 1 aromatic rings. The van der Waals surface area contributed by atoms with Crippen molar-refractivity contribution in [3.63, 3.8) is 0 Å². The van der Waals surface area contributed by atoms with E-state index >= 15 is 0 Å². The van der Waals surface area contributed by atoms with E-state index in [1.54, 1.807) is 4.90 Å². The van der Waals surface area contributed by atoms with Crippen LogP contribution in [0.5, 0.6) is 0 Å². The van der Waals surface area contributed by atoms with Gasteiger partial charge in [-0.05, 0) is 51.0 Å². The summed E-state index contributed by atoms with van der Waals surface area (Å²) in [5.74, 6) is -2.13. The summed E-state index contributed by atoms with van der Waals surface area (Å²) >= 11 is 0. The van der Waals surface area contributed by atoms with E-state index in [1.165, 1.54) is 11.8 Å². The second-order valence-corrected chi connectivity index (χ2v) is 13.1. The van der Waals surface area contributed by atoms with Gasteiger partial charge in [0.25, 0.3) is 5.91 Å². The molecule has 278 valence electrons. The lowest BCUT2D eigenvalue weighted by atomic mass is 10.1. The zero-order valence-electron chi connectivity index (χ0n) is 28.9. The predicted octanol–water partition coefficient (Wildman–Crippen LogP) is 3.32. The maximum Gasteiger partial charge on any atom is 0.698 e. The highest BCUT2D eigenvalue weighted by Crippen LogP contribution is 2.29. The molecule has 3 rings (SSSR count). The topological polar surface area (TPSA) is 202 Å². The number of unbranched alkanes of at least 4 members (excludes halogenated alkanes) is 2. The standard InChI is InChI=1S/C33H50N5O11P/c1-3-4-13-26(23-48-50(45)49-24(2)30(40)38-17-10-15-28(38)31(41)42)35-29(39)27(36-32(43)37-18-20-46-21-19-37)14-8-9-16-34-33(44)47-22-25-11-6-5-7-12-25/h5-7,11-12,24,26-28H,3-4,8-10,13-23H2,1-2H3,(H3-,34,35,36,39,41,42,43,44)/p+1/t24-,26?,27-,28-/m0/s1. The van der Waals surface area contributed by atoms with Crippen molar-refractivity contribution < 1.29 is 52.2 Å². The van der Waals surface area contributed by atoms with Gasteiger partial charge in [-0.25, -0.2) is 14.4 Å². The van der Waals surface area contributed by atoms with Crippen molar-refractivity contribution in [1.82, 2.24) is 25.8 Å². The first-order chi connectivity index (χ1) is 24.1. The molecule has 2 fully saturated rings. The van der Waals surface area contributed by atoms with Crippen molar-refractivity contribution in [1.29, 1.82) is 0 Å². The second kappa shape index (κ2) is 22.1. The number of hydrogen-bond acceptors (Lipinski definition) is 10. The van der Waals surface area contributed by atoms with Gasteiger partial charge in [0.15, 0.2) is 6.10 Å². The Morgan fingerprint density at radius 1 is 1.02 bits per heavy atom. The van der Waals surface area contributed by atoms with E-state index in [2.05, 4.69) is 16.0 Å². The number of carboxylic acid groups (broad SMARTS) is 1. The quantitative estimate of drug-likeness (QED) is 0.114. The summed E-state index contributed by atoms with van der Waals surface area (Å²) in [5.41, 5.74) is 0.868. The molecule has 0 aromatic heterocycles. The number of amides is 5. The third-order valence-corrected chi connectivity index (χ3v) is 9.21. The van der Waals surface area contributed by atoms with Crippen molar-refractivity contribution in [3.05, 3.63) is 35.9 Å². The van der Waals surface area contributed by atoms with E-state index < -0.39 is 62.4 Å². The molecule has 2 aliphatic heterocycles. The van der Waals surface area contributed by atoms with Gasteiger partial charge in [0.2, 0.25) is 5.91 Å². The third-order valence-electron chi connectivity index (χ3n) is 8.36. The average Bonchev–Trinajstić information content (AvgIpc) is 3.62. The molecule has 0 spiro atoms. The van der Waals surface area contributed by atoms with E-state index in [4.69, 9.17) is 18.5 Å². The van der Waals surface area contributed by atoms with Gasteiger partial charge in [0.05, 0.1) is 19.3 Å². The molecule has 0 radical (unpaired) electrons. The number of nitrogens with one attached hydrogen (secondary N) is 3. The van der Waals surface area contributed by atoms with Crippen molar-refractivity contribution in [3.8, 4) is 0 Å². The molecule has 2 heterocycles. The van der Waals surface area contributed by atoms with Gasteiger partial charge >= 0.3 is 26.3 Å². The first-order valence-corrected chi connectivity index (χ1v) is 18.4. The van der Waals surface area contributed by atoms with Crippen LogP contribution in [0.3, 0.4) is 0 Å². The lowest BCUT2D eigenvalue weighted by Crippen LogP contribution is -2.55. The fourth-order valence-corrected chi connectivity index (χ4v) is 6.25. The number of ether oxygens (including phenoxy) is 2. The summed E-state index contributed by atoms with van der Waals surface area (Å²) in [6, 6.07) is 6.49. The molecular weight excluding hydrogens is 673 g/mol. The largest absolute Gasteiger partial charge is 0.698 e. The first kappa shape index (κ1) is 40.6. The van der Waals surface area contributed by atoms with Crippen LogP contribution in [0.15, 0.2) is 30.3 Å². The molecule has 1 aromatic carbocycles.